The molecule has 0 saturated carbocycles. The molecule has 0 aliphatic rings. The van der Waals surface area contributed by atoms with Crippen molar-refractivity contribution >= 4 is 38.7 Å². The van der Waals surface area contributed by atoms with Crippen LogP contribution in [0.25, 0.3) is 0 Å². The molecule has 0 bridgehead atoms. The van der Waals surface area contributed by atoms with Crippen LogP contribution in [0.3, 0.4) is 0 Å². The highest BCUT2D eigenvalue weighted by atomic mass is 35.5. The number of nitro groups is 1. The summed E-state index contributed by atoms with van der Waals surface area (Å²) in [6, 6.07) is 9.76. The first-order chi connectivity index (χ1) is 12.2. The third-order valence-electron chi connectivity index (χ3n) is 3.41. The second kappa shape index (κ2) is 8.35. The second-order valence-corrected chi connectivity index (χ2v) is 7.61. The Hall–Kier alpha value is -2.36. The number of nitro benzene ring substituents is 1. The highest BCUT2D eigenvalue weighted by molar-refractivity contribution is 7.92. The monoisotopic (exact) mass is 399 g/mol. The van der Waals surface area contributed by atoms with E-state index in [0.717, 1.165) is 6.07 Å². The van der Waals surface area contributed by atoms with Gasteiger partial charge in [-0.15, -0.1) is 0 Å². The molecule has 0 unspecified atom stereocenters. The summed E-state index contributed by atoms with van der Waals surface area (Å²) in [6.07, 6.45) is 0. The molecule has 0 radical (unpaired) electrons. The number of hydrogen-bond acceptors (Lipinski definition) is 6. The average Bonchev–Trinajstić information content (AvgIpc) is 2.57. The van der Waals surface area contributed by atoms with Crippen molar-refractivity contribution < 1.29 is 18.1 Å². The minimum Gasteiger partial charge on any atom is -0.383 e. The predicted molar refractivity (Wildman–Crippen MR) is 100 cm³/mol. The maximum absolute atomic E-state index is 12.5. The van der Waals surface area contributed by atoms with Crippen molar-refractivity contribution in [1.29, 1.82) is 0 Å². The minimum atomic E-state index is -4.04. The molecular weight excluding hydrogens is 382 g/mol. The molecule has 1 atom stereocenters. The number of methoxy groups -OCH3 is 1. The van der Waals surface area contributed by atoms with E-state index in [1.807, 2.05) is 0 Å². The number of ether oxygens (including phenoxy) is 1. The fourth-order valence-electron chi connectivity index (χ4n) is 2.26. The topological polar surface area (TPSA) is 111 Å². The van der Waals surface area contributed by atoms with E-state index in [0.29, 0.717) is 6.61 Å². The van der Waals surface area contributed by atoms with E-state index in [9.17, 15) is 18.5 Å². The van der Waals surface area contributed by atoms with Gasteiger partial charge in [0.05, 0.1) is 27.1 Å². The summed E-state index contributed by atoms with van der Waals surface area (Å²) >= 11 is 5.95. The third kappa shape index (κ3) is 4.84. The van der Waals surface area contributed by atoms with Gasteiger partial charge in [-0.2, -0.15) is 0 Å². The Bertz CT molecular complexity index is 905. The van der Waals surface area contributed by atoms with E-state index in [1.54, 1.807) is 19.1 Å². The van der Waals surface area contributed by atoms with Crippen LogP contribution in [0.5, 0.6) is 0 Å². The lowest BCUT2D eigenvalue weighted by Gasteiger charge is -2.15. The number of nitrogens with one attached hydrogen (secondary N) is 2. The zero-order valence-electron chi connectivity index (χ0n) is 14.1. The molecule has 0 spiro atoms. The fourth-order valence-corrected chi connectivity index (χ4v) is 3.59. The Labute approximate surface area is 156 Å². The highest BCUT2D eigenvalue weighted by Gasteiger charge is 2.23. The zero-order chi connectivity index (χ0) is 19.3. The smallest absolute Gasteiger partial charge is 0.293 e. The summed E-state index contributed by atoms with van der Waals surface area (Å²) in [5.74, 6) is 0. The van der Waals surface area contributed by atoms with Crippen LogP contribution in [0.4, 0.5) is 17.1 Å². The molecule has 10 heteroatoms. The van der Waals surface area contributed by atoms with Crippen molar-refractivity contribution in [2.24, 2.45) is 0 Å². The molecule has 0 aliphatic heterocycles. The largest absolute Gasteiger partial charge is 0.383 e. The standard InChI is InChI=1S/C16H18ClN3O5S/c1-11(10-25-2)18-15-8-7-12(9-16(15)20(21)22)26(23,24)19-14-6-4-3-5-13(14)17/h3-9,11,18-19H,10H2,1-2H3/t11-/m0/s1. The van der Waals surface area contributed by atoms with Crippen LogP contribution in [-0.4, -0.2) is 33.1 Å². The van der Waals surface area contributed by atoms with Crippen LogP contribution in [0.1, 0.15) is 6.92 Å². The molecule has 2 rings (SSSR count). The maximum Gasteiger partial charge on any atom is 0.293 e. The third-order valence-corrected chi connectivity index (χ3v) is 5.11. The predicted octanol–water partition coefficient (Wildman–Crippen LogP) is 3.50. The van der Waals surface area contributed by atoms with Crippen LogP contribution in [0, 0.1) is 10.1 Å². The Morgan fingerprint density at radius 1 is 1.23 bits per heavy atom. The van der Waals surface area contributed by atoms with E-state index >= 15 is 0 Å². The average molecular weight is 400 g/mol. The van der Waals surface area contributed by atoms with Gasteiger partial charge in [0.2, 0.25) is 0 Å². The van der Waals surface area contributed by atoms with Crippen molar-refractivity contribution in [2.45, 2.75) is 17.9 Å². The first-order valence-electron chi connectivity index (χ1n) is 7.56. The second-order valence-electron chi connectivity index (χ2n) is 5.52. The summed E-state index contributed by atoms with van der Waals surface area (Å²) in [5, 5.41) is 14.5. The molecule has 2 aromatic rings. The molecular formula is C16H18ClN3O5S. The van der Waals surface area contributed by atoms with Gasteiger partial charge < -0.3 is 10.1 Å². The molecule has 2 aromatic carbocycles. The Morgan fingerprint density at radius 3 is 2.54 bits per heavy atom. The number of anilines is 2. The number of benzene rings is 2. The van der Waals surface area contributed by atoms with Gasteiger partial charge in [0.15, 0.2) is 0 Å². The molecule has 2 N–H and O–H groups in total. The van der Waals surface area contributed by atoms with E-state index in [1.165, 1.54) is 31.4 Å². The van der Waals surface area contributed by atoms with Crippen molar-refractivity contribution in [3.63, 3.8) is 0 Å². The number of para-hydroxylation sites is 1. The molecule has 0 heterocycles. The summed E-state index contributed by atoms with van der Waals surface area (Å²) in [4.78, 5) is 10.5. The summed E-state index contributed by atoms with van der Waals surface area (Å²) in [7, 11) is -2.52. The van der Waals surface area contributed by atoms with Gasteiger partial charge >= 0.3 is 0 Å². The SMILES string of the molecule is COC[C@H](C)Nc1ccc(S(=O)(=O)Nc2ccccc2Cl)cc1[N+](=O)[O-]. The lowest BCUT2D eigenvalue weighted by molar-refractivity contribution is -0.384. The maximum atomic E-state index is 12.5. The molecule has 0 aliphatic carbocycles. The molecule has 0 aromatic heterocycles. The molecule has 26 heavy (non-hydrogen) atoms. The first-order valence-corrected chi connectivity index (χ1v) is 9.42. The number of hydrogen-bond donors (Lipinski definition) is 2. The number of sulfonamides is 1. The molecule has 0 fully saturated rings. The molecule has 0 amide bonds. The normalized spacial score (nSPS) is 12.4. The van der Waals surface area contributed by atoms with E-state index in [2.05, 4.69) is 10.0 Å². The van der Waals surface area contributed by atoms with Crippen molar-refractivity contribution in [2.75, 3.05) is 23.8 Å². The molecule has 8 nitrogen and oxygen atoms in total. The summed E-state index contributed by atoms with van der Waals surface area (Å²) < 4.78 is 32.4. The van der Waals surface area contributed by atoms with Crippen LogP contribution in [0.2, 0.25) is 5.02 Å². The van der Waals surface area contributed by atoms with Crippen molar-refractivity contribution in [1.82, 2.24) is 0 Å². The highest BCUT2D eigenvalue weighted by Crippen LogP contribution is 2.30. The Morgan fingerprint density at radius 2 is 1.92 bits per heavy atom. The Balaban J connectivity index is 2.36. The number of halogens is 1. The van der Waals surface area contributed by atoms with E-state index in [-0.39, 0.29) is 33.0 Å². The van der Waals surface area contributed by atoms with Crippen molar-refractivity contribution in [3.8, 4) is 0 Å². The van der Waals surface area contributed by atoms with E-state index < -0.39 is 14.9 Å². The van der Waals surface area contributed by atoms with Crippen LogP contribution in [-0.2, 0) is 14.8 Å². The van der Waals surface area contributed by atoms with Gasteiger partial charge in [-0.3, -0.25) is 14.8 Å². The first kappa shape index (κ1) is 20.0. The van der Waals surface area contributed by atoms with Crippen LogP contribution < -0.4 is 10.0 Å². The summed E-state index contributed by atoms with van der Waals surface area (Å²) in [6.45, 7) is 2.13. The Kier molecular flexibility index (Phi) is 6.41. The number of nitrogens with zero attached hydrogens (tertiary/aromatic N) is 1. The minimum absolute atomic E-state index is 0.188. The van der Waals surface area contributed by atoms with Gasteiger partial charge in [-0.25, -0.2) is 8.42 Å². The van der Waals surface area contributed by atoms with Crippen LogP contribution >= 0.6 is 11.6 Å². The quantitative estimate of drug-likeness (QED) is 0.519. The lowest BCUT2D eigenvalue weighted by atomic mass is 10.2. The van der Waals surface area contributed by atoms with E-state index in [4.69, 9.17) is 16.3 Å². The van der Waals surface area contributed by atoms with Gasteiger partial charge in [0.1, 0.15) is 5.69 Å². The van der Waals surface area contributed by atoms with Gasteiger partial charge in [-0.05, 0) is 31.2 Å². The summed E-state index contributed by atoms with van der Waals surface area (Å²) in [5.41, 5.74) is 0.0407. The lowest BCUT2D eigenvalue weighted by Crippen LogP contribution is -2.21. The van der Waals surface area contributed by atoms with Crippen LogP contribution in [0.15, 0.2) is 47.4 Å². The van der Waals surface area contributed by atoms with Crippen molar-refractivity contribution in [3.05, 3.63) is 57.6 Å². The number of rotatable bonds is 8. The van der Waals surface area contributed by atoms with Gasteiger partial charge in [0, 0.05) is 19.2 Å². The molecule has 140 valence electrons. The fraction of sp³-hybridized carbons (Fsp3) is 0.250. The van der Waals surface area contributed by atoms with Gasteiger partial charge in [0.25, 0.3) is 15.7 Å². The molecule has 0 saturated heterocycles. The zero-order valence-corrected chi connectivity index (χ0v) is 15.7. The van der Waals surface area contributed by atoms with Gasteiger partial charge in [-0.1, -0.05) is 23.7 Å².